The van der Waals surface area contributed by atoms with Gasteiger partial charge in [-0.1, -0.05) is 26.2 Å². The quantitative estimate of drug-likeness (QED) is 0.489. The predicted octanol–water partition coefficient (Wildman–Crippen LogP) is 1.96. The highest BCUT2D eigenvalue weighted by atomic mass is 16.4. The van der Waals surface area contributed by atoms with Crippen molar-refractivity contribution in [2.24, 2.45) is 0 Å². The van der Waals surface area contributed by atoms with Crippen molar-refractivity contribution < 1.29 is 23.9 Å². The summed E-state index contributed by atoms with van der Waals surface area (Å²) < 4.78 is 5.46. The number of aryl methyl sites for hydroxylation is 1. The fourth-order valence-electron chi connectivity index (χ4n) is 2.38. The molecule has 1 aromatic heterocycles. The molecule has 1 aliphatic carbocycles. The van der Waals surface area contributed by atoms with E-state index < -0.39 is 34.9 Å². The Bertz CT molecular complexity index is 738. The fraction of sp³-hybridized carbons (Fsp3) is 0.412. The van der Waals surface area contributed by atoms with Gasteiger partial charge in [0.15, 0.2) is 11.5 Å². The number of rotatable bonds is 6. The fourth-order valence-corrected chi connectivity index (χ4v) is 2.38. The Morgan fingerprint density at radius 2 is 1.83 bits per heavy atom. The van der Waals surface area contributed by atoms with Crippen molar-refractivity contribution in [1.29, 1.82) is 0 Å². The van der Waals surface area contributed by atoms with Gasteiger partial charge in [-0.05, 0) is 6.42 Å². The molecule has 1 N–H and O–H groups in total. The summed E-state index contributed by atoms with van der Waals surface area (Å²) in [5.41, 5.74) is -0.894. The van der Waals surface area contributed by atoms with Crippen molar-refractivity contribution in [3.63, 3.8) is 0 Å². The molecule has 0 aliphatic heterocycles. The van der Waals surface area contributed by atoms with E-state index in [1.807, 2.05) is 0 Å². The van der Waals surface area contributed by atoms with Crippen molar-refractivity contribution >= 4 is 22.9 Å². The van der Waals surface area contributed by atoms with Crippen LogP contribution in [0.3, 0.4) is 0 Å². The summed E-state index contributed by atoms with van der Waals surface area (Å²) in [5, 5.41) is 9.86. The molecule has 0 saturated carbocycles. The molecule has 23 heavy (non-hydrogen) atoms. The van der Waals surface area contributed by atoms with E-state index in [0.717, 1.165) is 31.8 Å². The van der Waals surface area contributed by atoms with E-state index >= 15 is 0 Å². The van der Waals surface area contributed by atoms with Gasteiger partial charge in [0, 0.05) is 18.6 Å². The number of carbonyl (C=O) groups excluding carboxylic acids is 3. The summed E-state index contributed by atoms with van der Waals surface area (Å²) in [6.07, 6.45) is 4.67. The maximum Gasteiger partial charge on any atom is 0.227 e. The second-order valence-electron chi connectivity index (χ2n) is 5.51. The Morgan fingerprint density at radius 1 is 1.09 bits per heavy atom. The highest BCUT2D eigenvalue weighted by Gasteiger charge is 2.30. The van der Waals surface area contributed by atoms with Crippen LogP contribution in [0, 0.1) is 0 Å². The van der Waals surface area contributed by atoms with Gasteiger partial charge in [0.2, 0.25) is 22.7 Å². The maximum atomic E-state index is 11.9. The molecular weight excluding hydrogens is 300 g/mol. The van der Waals surface area contributed by atoms with Gasteiger partial charge >= 0.3 is 0 Å². The van der Waals surface area contributed by atoms with Gasteiger partial charge < -0.3 is 9.52 Å². The van der Waals surface area contributed by atoms with Crippen LogP contribution in [0.5, 0.6) is 5.75 Å². The first-order valence-corrected chi connectivity index (χ1v) is 7.62. The van der Waals surface area contributed by atoms with E-state index in [0.29, 0.717) is 12.2 Å². The Hall–Kier alpha value is -2.50. The van der Waals surface area contributed by atoms with E-state index in [1.54, 1.807) is 0 Å². The zero-order valence-corrected chi connectivity index (χ0v) is 12.9. The van der Waals surface area contributed by atoms with Gasteiger partial charge in [-0.2, -0.15) is 0 Å². The first-order valence-electron chi connectivity index (χ1n) is 7.62. The monoisotopic (exact) mass is 318 g/mol. The molecule has 6 heteroatoms. The molecular formula is C17H18O6. The van der Waals surface area contributed by atoms with Crippen molar-refractivity contribution in [3.05, 3.63) is 33.9 Å². The molecule has 0 bridgehead atoms. The zero-order valence-electron chi connectivity index (χ0n) is 12.9. The number of unbranched alkanes of at least 4 members (excludes halogenated alkanes) is 3. The summed E-state index contributed by atoms with van der Waals surface area (Å²) in [6, 6.07) is 1.19. The Labute approximate surface area is 132 Å². The van der Waals surface area contributed by atoms with Gasteiger partial charge in [0.25, 0.3) is 0 Å². The molecule has 1 aromatic rings. The third-order valence-electron chi connectivity index (χ3n) is 3.67. The lowest BCUT2D eigenvalue weighted by Crippen LogP contribution is -2.23. The third kappa shape index (κ3) is 3.83. The van der Waals surface area contributed by atoms with Crippen LogP contribution >= 0.6 is 0 Å². The first-order chi connectivity index (χ1) is 10.9. The molecule has 1 heterocycles. The molecule has 0 fully saturated rings. The summed E-state index contributed by atoms with van der Waals surface area (Å²) in [6.45, 7) is 2.08. The SMILES string of the molecule is CCCCCCc1cc(=O)c(O)c(C2=CC(=O)C(=O)CC2=O)o1. The molecule has 2 rings (SSSR count). The van der Waals surface area contributed by atoms with E-state index in [-0.39, 0.29) is 11.3 Å². The standard InChI is InChI=1S/C17H18O6/c1-2-3-4-5-6-10-7-15(21)16(22)17(23-10)11-8-13(19)14(20)9-12(11)18/h7-8,22H,2-6,9H2,1H3. The molecule has 122 valence electrons. The molecule has 0 unspecified atom stereocenters. The maximum absolute atomic E-state index is 11.9. The highest BCUT2D eigenvalue weighted by Crippen LogP contribution is 2.27. The summed E-state index contributed by atoms with van der Waals surface area (Å²) in [5.74, 6) is -2.99. The van der Waals surface area contributed by atoms with E-state index in [4.69, 9.17) is 4.42 Å². The minimum atomic E-state index is -0.838. The topological polar surface area (TPSA) is 102 Å². The van der Waals surface area contributed by atoms with Crippen LogP contribution in [0.2, 0.25) is 0 Å². The van der Waals surface area contributed by atoms with Gasteiger partial charge in [-0.3, -0.25) is 19.2 Å². The number of carbonyl (C=O) groups is 3. The number of ketones is 3. The number of aromatic hydroxyl groups is 1. The molecule has 0 spiro atoms. The van der Waals surface area contributed by atoms with Crippen molar-refractivity contribution in [3.8, 4) is 5.75 Å². The van der Waals surface area contributed by atoms with Crippen LogP contribution in [-0.2, 0) is 20.8 Å². The van der Waals surface area contributed by atoms with Gasteiger partial charge in [-0.15, -0.1) is 0 Å². The van der Waals surface area contributed by atoms with Crippen LogP contribution in [0.15, 0.2) is 21.4 Å². The lowest BCUT2D eigenvalue weighted by Gasteiger charge is -2.12. The minimum absolute atomic E-state index is 0.223. The van der Waals surface area contributed by atoms with Crippen molar-refractivity contribution in [2.75, 3.05) is 0 Å². The second kappa shape index (κ2) is 7.17. The van der Waals surface area contributed by atoms with Gasteiger partial charge in [0.1, 0.15) is 5.76 Å². The lowest BCUT2D eigenvalue weighted by molar-refractivity contribution is -0.136. The molecule has 1 aliphatic rings. The predicted molar refractivity (Wildman–Crippen MR) is 82.1 cm³/mol. The summed E-state index contributed by atoms with van der Waals surface area (Å²) in [4.78, 5) is 46.5. The van der Waals surface area contributed by atoms with Crippen molar-refractivity contribution in [2.45, 2.75) is 45.4 Å². The highest BCUT2D eigenvalue weighted by molar-refractivity contribution is 6.53. The van der Waals surface area contributed by atoms with E-state index in [2.05, 4.69) is 6.92 Å². The van der Waals surface area contributed by atoms with E-state index in [1.165, 1.54) is 6.07 Å². The zero-order chi connectivity index (χ0) is 17.0. The molecule has 0 radical (unpaired) electrons. The number of Topliss-reactive ketones (excluding diaryl/α,β-unsaturated/α-hetero) is 2. The average molecular weight is 318 g/mol. The normalized spacial score (nSPS) is 15.0. The lowest BCUT2D eigenvalue weighted by atomic mass is 9.94. The molecule has 0 amide bonds. The molecule has 0 aromatic carbocycles. The van der Waals surface area contributed by atoms with Crippen LogP contribution in [0.4, 0.5) is 0 Å². The summed E-state index contributed by atoms with van der Waals surface area (Å²) >= 11 is 0. The third-order valence-corrected chi connectivity index (χ3v) is 3.67. The number of hydrogen-bond donors (Lipinski definition) is 1. The largest absolute Gasteiger partial charge is 0.502 e. The van der Waals surface area contributed by atoms with Crippen LogP contribution < -0.4 is 5.43 Å². The smallest absolute Gasteiger partial charge is 0.227 e. The molecule has 6 nitrogen and oxygen atoms in total. The second-order valence-corrected chi connectivity index (χ2v) is 5.51. The van der Waals surface area contributed by atoms with Crippen LogP contribution in [-0.4, -0.2) is 22.5 Å². The number of allylic oxidation sites excluding steroid dienone is 2. The Kier molecular flexibility index (Phi) is 5.26. The van der Waals surface area contributed by atoms with Crippen LogP contribution in [0.1, 0.15) is 50.5 Å². The van der Waals surface area contributed by atoms with Crippen LogP contribution in [0.25, 0.3) is 5.57 Å². The summed E-state index contributed by atoms with van der Waals surface area (Å²) in [7, 11) is 0. The first kappa shape index (κ1) is 16.9. The molecule has 0 saturated heterocycles. The average Bonchev–Trinajstić information content (AvgIpc) is 2.51. The minimum Gasteiger partial charge on any atom is -0.502 e. The Morgan fingerprint density at radius 3 is 2.52 bits per heavy atom. The van der Waals surface area contributed by atoms with Gasteiger partial charge in [0.05, 0.1) is 12.0 Å². The number of hydrogen-bond acceptors (Lipinski definition) is 6. The molecule has 0 atom stereocenters. The van der Waals surface area contributed by atoms with E-state index in [9.17, 15) is 24.3 Å². The van der Waals surface area contributed by atoms with Gasteiger partial charge in [-0.25, -0.2) is 0 Å². The Balaban J connectivity index is 2.34. The van der Waals surface area contributed by atoms with Crippen molar-refractivity contribution in [1.82, 2.24) is 0 Å².